The summed E-state index contributed by atoms with van der Waals surface area (Å²) in [4.78, 5) is 0.118. The summed E-state index contributed by atoms with van der Waals surface area (Å²) in [6.45, 7) is 2.53. The molecule has 3 N–H and O–H groups in total. The lowest BCUT2D eigenvalue weighted by Gasteiger charge is -2.16. The first-order chi connectivity index (χ1) is 9.88. The van der Waals surface area contributed by atoms with Crippen LogP contribution in [-0.4, -0.2) is 8.42 Å². The molecule has 2 rings (SSSR count). The van der Waals surface area contributed by atoms with Gasteiger partial charge in [-0.3, -0.25) is 0 Å². The third kappa shape index (κ3) is 4.28. The number of hydrogen-bond acceptors (Lipinski definition) is 3. The lowest BCUT2D eigenvalue weighted by Crippen LogP contribution is -2.19. The molecule has 0 heterocycles. The van der Waals surface area contributed by atoms with Gasteiger partial charge in [-0.2, -0.15) is 0 Å². The van der Waals surface area contributed by atoms with Crippen molar-refractivity contribution < 1.29 is 8.42 Å². The van der Waals surface area contributed by atoms with Crippen molar-refractivity contribution in [1.29, 1.82) is 0 Å². The summed E-state index contributed by atoms with van der Waals surface area (Å²) in [6, 6.07) is 14.2. The van der Waals surface area contributed by atoms with Crippen LogP contribution in [0, 0.1) is 0 Å². The van der Waals surface area contributed by atoms with Gasteiger partial charge in [0.2, 0.25) is 10.0 Å². The van der Waals surface area contributed by atoms with E-state index >= 15 is 0 Å². The molecule has 0 fully saturated rings. The summed E-state index contributed by atoms with van der Waals surface area (Å²) < 4.78 is 22.7. The van der Waals surface area contributed by atoms with Crippen LogP contribution in [0.1, 0.15) is 24.1 Å². The molecule has 0 bridgehead atoms. The van der Waals surface area contributed by atoms with Gasteiger partial charge < -0.3 is 5.32 Å². The second-order valence-corrected chi connectivity index (χ2v) is 6.79. The molecule has 0 amide bonds. The first kappa shape index (κ1) is 16.0. The number of nitrogens with one attached hydrogen (secondary N) is 1. The van der Waals surface area contributed by atoms with E-state index in [1.807, 2.05) is 37.3 Å². The van der Waals surface area contributed by atoms with Gasteiger partial charge in [-0.05, 0) is 36.2 Å². The zero-order valence-electron chi connectivity index (χ0n) is 11.6. The molecule has 0 aliphatic rings. The van der Waals surface area contributed by atoms with E-state index in [1.54, 1.807) is 12.1 Å². The summed E-state index contributed by atoms with van der Waals surface area (Å²) in [5.74, 6) is 0. The van der Waals surface area contributed by atoms with E-state index in [-0.39, 0.29) is 10.9 Å². The fraction of sp³-hybridized carbons (Fsp3) is 0.200. The molecule has 0 aliphatic carbocycles. The Bertz CT molecular complexity index is 732. The highest BCUT2D eigenvalue weighted by Crippen LogP contribution is 2.22. The Balaban J connectivity index is 2.09. The van der Waals surface area contributed by atoms with Gasteiger partial charge in [-0.1, -0.05) is 41.9 Å². The molecule has 4 nitrogen and oxygen atoms in total. The number of benzene rings is 2. The molecule has 112 valence electrons. The highest BCUT2D eigenvalue weighted by Gasteiger charge is 2.10. The van der Waals surface area contributed by atoms with Crippen molar-refractivity contribution in [2.45, 2.75) is 24.4 Å². The van der Waals surface area contributed by atoms with E-state index in [1.165, 1.54) is 6.07 Å². The summed E-state index contributed by atoms with van der Waals surface area (Å²) in [7, 11) is -3.67. The zero-order chi connectivity index (χ0) is 15.5. The largest absolute Gasteiger partial charge is 0.306 e. The highest BCUT2D eigenvalue weighted by molar-refractivity contribution is 7.89. The predicted octanol–water partition coefficient (Wildman–Crippen LogP) is 2.84. The molecule has 6 heteroatoms. The van der Waals surface area contributed by atoms with Crippen LogP contribution in [0.15, 0.2) is 53.4 Å². The summed E-state index contributed by atoms with van der Waals surface area (Å²) in [5.41, 5.74) is 1.85. The monoisotopic (exact) mass is 324 g/mol. The van der Waals surface area contributed by atoms with E-state index in [0.29, 0.717) is 11.6 Å². The van der Waals surface area contributed by atoms with Gasteiger partial charge in [-0.15, -0.1) is 0 Å². The average Bonchev–Trinajstić information content (AvgIpc) is 2.45. The van der Waals surface area contributed by atoms with Gasteiger partial charge in [0.15, 0.2) is 0 Å². The van der Waals surface area contributed by atoms with E-state index < -0.39 is 10.0 Å². The fourth-order valence-electron chi connectivity index (χ4n) is 2.04. The molecule has 21 heavy (non-hydrogen) atoms. The summed E-state index contributed by atoms with van der Waals surface area (Å²) in [6.07, 6.45) is 0. The van der Waals surface area contributed by atoms with Gasteiger partial charge in [-0.25, -0.2) is 13.6 Å². The molecule has 1 unspecified atom stereocenters. The maximum absolute atomic E-state index is 11.3. The normalized spacial score (nSPS) is 13.1. The van der Waals surface area contributed by atoms with E-state index in [0.717, 1.165) is 11.1 Å². The second kappa shape index (κ2) is 6.58. The third-order valence-electron chi connectivity index (χ3n) is 3.21. The van der Waals surface area contributed by atoms with Crippen LogP contribution in [0.3, 0.4) is 0 Å². The Kier molecular flexibility index (Phi) is 5.00. The Morgan fingerprint density at radius 3 is 2.57 bits per heavy atom. The SMILES string of the molecule is CC(NCc1cccc(S(N)(=O)=O)c1)c1ccccc1Cl. The maximum Gasteiger partial charge on any atom is 0.238 e. The Morgan fingerprint density at radius 1 is 1.19 bits per heavy atom. The molecule has 0 aromatic heterocycles. The standard InChI is InChI=1S/C15H17ClN2O2S/c1-11(14-7-2-3-8-15(14)16)18-10-12-5-4-6-13(9-12)21(17,19)20/h2-9,11,18H,10H2,1H3,(H2,17,19,20). The van der Waals surface area contributed by atoms with Gasteiger partial charge in [0, 0.05) is 17.6 Å². The van der Waals surface area contributed by atoms with Crippen LogP contribution in [0.5, 0.6) is 0 Å². The Labute approximate surface area is 130 Å². The first-order valence-corrected chi connectivity index (χ1v) is 8.40. The van der Waals surface area contributed by atoms with E-state index in [4.69, 9.17) is 16.7 Å². The van der Waals surface area contributed by atoms with Crippen molar-refractivity contribution in [3.63, 3.8) is 0 Å². The number of hydrogen-bond donors (Lipinski definition) is 2. The molecule has 0 radical (unpaired) electrons. The third-order valence-corrected chi connectivity index (χ3v) is 4.47. The summed E-state index contributed by atoms with van der Waals surface area (Å²) in [5, 5.41) is 9.15. The topological polar surface area (TPSA) is 72.2 Å². The Morgan fingerprint density at radius 2 is 1.90 bits per heavy atom. The van der Waals surface area contributed by atoms with Crippen LogP contribution >= 0.6 is 11.6 Å². The van der Waals surface area contributed by atoms with Gasteiger partial charge in [0.25, 0.3) is 0 Å². The maximum atomic E-state index is 11.3. The molecule has 2 aromatic rings. The van der Waals surface area contributed by atoms with Crippen LogP contribution < -0.4 is 10.5 Å². The number of halogens is 1. The Hall–Kier alpha value is -1.40. The number of primary sulfonamides is 1. The van der Waals surface area contributed by atoms with E-state index in [2.05, 4.69) is 5.32 Å². The molecular formula is C15H17ClN2O2S. The van der Waals surface area contributed by atoms with Crippen LogP contribution in [0.2, 0.25) is 5.02 Å². The highest BCUT2D eigenvalue weighted by atomic mass is 35.5. The van der Waals surface area contributed by atoms with Crippen LogP contribution in [0.25, 0.3) is 0 Å². The predicted molar refractivity (Wildman–Crippen MR) is 84.5 cm³/mol. The molecule has 0 saturated carbocycles. The number of sulfonamides is 1. The molecule has 0 aliphatic heterocycles. The molecule has 0 saturated heterocycles. The van der Waals surface area contributed by atoms with E-state index in [9.17, 15) is 8.42 Å². The second-order valence-electron chi connectivity index (χ2n) is 4.82. The van der Waals surface area contributed by atoms with Crippen LogP contribution in [-0.2, 0) is 16.6 Å². The van der Waals surface area contributed by atoms with Gasteiger partial charge in [0.05, 0.1) is 4.90 Å². The quantitative estimate of drug-likeness (QED) is 0.888. The molecule has 0 spiro atoms. The lowest BCUT2D eigenvalue weighted by atomic mass is 10.1. The lowest BCUT2D eigenvalue weighted by molar-refractivity contribution is 0.573. The van der Waals surface area contributed by atoms with Crippen molar-refractivity contribution >= 4 is 21.6 Å². The van der Waals surface area contributed by atoms with Crippen LogP contribution in [0.4, 0.5) is 0 Å². The number of nitrogens with two attached hydrogens (primary N) is 1. The smallest absolute Gasteiger partial charge is 0.238 e. The van der Waals surface area contributed by atoms with Crippen molar-refractivity contribution in [1.82, 2.24) is 5.32 Å². The minimum absolute atomic E-state index is 0.0526. The summed E-state index contributed by atoms with van der Waals surface area (Å²) >= 11 is 6.15. The molecular weight excluding hydrogens is 308 g/mol. The average molecular weight is 325 g/mol. The molecule has 2 aromatic carbocycles. The first-order valence-electron chi connectivity index (χ1n) is 6.47. The van der Waals surface area contributed by atoms with Crippen molar-refractivity contribution in [3.8, 4) is 0 Å². The minimum atomic E-state index is -3.67. The van der Waals surface area contributed by atoms with Crippen molar-refractivity contribution in [3.05, 3.63) is 64.7 Å². The molecule has 1 atom stereocenters. The van der Waals surface area contributed by atoms with Gasteiger partial charge in [0.1, 0.15) is 0 Å². The fourth-order valence-corrected chi connectivity index (χ4v) is 2.92. The van der Waals surface area contributed by atoms with Crippen molar-refractivity contribution in [2.75, 3.05) is 0 Å². The zero-order valence-corrected chi connectivity index (χ0v) is 13.2. The van der Waals surface area contributed by atoms with Gasteiger partial charge >= 0.3 is 0 Å². The minimum Gasteiger partial charge on any atom is -0.306 e. The van der Waals surface area contributed by atoms with Crippen molar-refractivity contribution in [2.24, 2.45) is 5.14 Å². The number of rotatable bonds is 5.